The number of halogens is 3. The largest absolute Gasteiger partial charge is 0.314 e. The molecule has 0 bridgehead atoms. The first-order valence-electron chi connectivity index (χ1n) is 3.23. The Bertz CT molecular complexity index is 257. The first kappa shape index (κ1) is 10.5. The average Bonchev–Trinajstić information content (AvgIpc) is 2.17. The van der Waals surface area contributed by atoms with Crippen molar-refractivity contribution in [2.45, 2.75) is 19.9 Å². The summed E-state index contributed by atoms with van der Waals surface area (Å²) < 4.78 is 5.71. The van der Waals surface area contributed by atoms with E-state index in [0.29, 0.717) is 0 Å². The molecule has 0 saturated heterocycles. The van der Waals surface area contributed by atoms with Crippen LogP contribution in [0.3, 0.4) is 0 Å². The summed E-state index contributed by atoms with van der Waals surface area (Å²) in [7, 11) is 0. The molecule has 0 atom stereocenters. The Hall–Kier alpha value is 1.40. The van der Waals surface area contributed by atoms with Crippen LogP contribution in [0.5, 0.6) is 0 Å². The molecule has 62 valence electrons. The van der Waals surface area contributed by atoms with E-state index in [2.05, 4.69) is 84.2 Å². The van der Waals surface area contributed by atoms with E-state index >= 15 is 0 Å². The standard InChI is InChI=1S/C6H7I3N2/c1-2-3-11-5(8)4(7)10-6(11)9/h2-3H2,1H3. The van der Waals surface area contributed by atoms with Crippen molar-refractivity contribution in [2.75, 3.05) is 0 Å². The lowest BCUT2D eigenvalue weighted by molar-refractivity contribution is 0.649. The fourth-order valence-corrected chi connectivity index (χ4v) is 3.55. The normalized spacial score (nSPS) is 10.5. The number of imidazole rings is 1. The molecule has 1 rings (SSSR count). The van der Waals surface area contributed by atoms with Gasteiger partial charge in [-0.15, -0.1) is 0 Å². The minimum absolute atomic E-state index is 1.08. The van der Waals surface area contributed by atoms with E-state index in [1.54, 1.807) is 0 Å². The molecule has 0 spiro atoms. The van der Waals surface area contributed by atoms with Gasteiger partial charge in [-0.05, 0) is 74.2 Å². The van der Waals surface area contributed by atoms with E-state index in [4.69, 9.17) is 0 Å². The van der Waals surface area contributed by atoms with Gasteiger partial charge in [-0.3, -0.25) is 0 Å². The van der Waals surface area contributed by atoms with Crippen molar-refractivity contribution in [2.24, 2.45) is 0 Å². The van der Waals surface area contributed by atoms with Gasteiger partial charge in [-0.25, -0.2) is 4.98 Å². The van der Waals surface area contributed by atoms with Crippen molar-refractivity contribution in [3.05, 3.63) is 11.2 Å². The predicted molar refractivity (Wildman–Crippen MR) is 70.7 cm³/mol. The monoisotopic (exact) mass is 488 g/mol. The van der Waals surface area contributed by atoms with Crippen LogP contribution < -0.4 is 0 Å². The maximum Gasteiger partial charge on any atom is 0.173 e. The first-order chi connectivity index (χ1) is 5.16. The fourth-order valence-electron chi connectivity index (χ4n) is 0.794. The molecular weight excluding hydrogens is 481 g/mol. The zero-order chi connectivity index (χ0) is 8.43. The lowest BCUT2D eigenvalue weighted by atomic mass is 10.5. The highest BCUT2D eigenvalue weighted by molar-refractivity contribution is 14.1. The minimum atomic E-state index is 1.08. The highest BCUT2D eigenvalue weighted by atomic mass is 127. The summed E-state index contributed by atoms with van der Waals surface area (Å²) in [5.41, 5.74) is 0. The summed E-state index contributed by atoms with van der Waals surface area (Å²) in [6, 6.07) is 0. The number of hydrogen-bond acceptors (Lipinski definition) is 1. The van der Waals surface area contributed by atoms with Gasteiger partial charge in [-0.1, -0.05) is 6.92 Å². The van der Waals surface area contributed by atoms with Crippen LogP contribution in [0, 0.1) is 11.2 Å². The molecule has 0 fully saturated rings. The van der Waals surface area contributed by atoms with Crippen LogP contribution in [-0.2, 0) is 6.54 Å². The predicted octanol–water partition coefficient (Wildman–Crippen LogP) is 3.11. The SMILES string of the molecule is CCCn1c(I)nc(I)c1I. The minimum Gasteiger partial charge on any atom is -0.314 e. The van der Waals surface area contributed by atoms with Crippen LogP contribution in [-0.4, -0.2) is 9.55 Å². The van der Waals surface area contributed by atoms with Gasteiger partial charge in [0.05, 0.1) is 0 Å². The third-order valence-electron chi connectivity index (χ3n) is 1.27. The second kappa shape index (κ2) is 4.58. The lowest BCUT2D eigenvalue weighted by Gasteiger charge is -2.01. The van der Waals surface area contributed by atoms with Gasteiger partial charge < -0.3 is 4.57 Å². The van der Waals surface area contributed by atoms with Gasteiger partial charge in [-0.2, -0.15) is 0 Å². The summed E-state index contributed by atoms with van der Waals surface area (Å²) >= 11 is 6.88. The zero-order valence-electron chi connectivity index (χ0n) is 5.94. The molecular formula is C6H7I3N2. The summed E-state index contributed by atoms with van der Waals surface area (Å²) in [4.78, 5) is 4.36. The fraction of sp³-hybridized carbons (Fsp3) is 0.500. The Morgan fingerprint density at radius 1 is 1.36 bits per heavy atom. The van der Waals surface area contributed by atoms with Crippen LogP contribution >= 0.6 is 67.8 Å². The Kier molecular flexibility index (Phi) is 4.37. The summed E-state index contributed by atoms with van der Waals surface area (Å²) in [5, 5.41) is 0. The summed E-state index contributed by atoms with van der Waals surface area (Å²) in [6.45, 7) is 3.26. The first-order valence-corrected chi connectivity index (χ1v) is 6.47. The van der Waals surface area contributed by atoms with E-state index in [-0.39, 0.29) is 0 Å². The average molecular weight is 488 g/mol. The van der Waals surface area contributed by atoms with E-state index < -0.39 is 0 Å². The molecule has 2 nitrogen and oxygen atoms in total. The molecule has 1 aromatic heterocycles. The third kappa shape index (κ3) is 2.42. The highest BCUT2D eigenvalue weighted by Gasteiger charge is 2.08. The van der Waals surface area contributed by atoms with Crippen molar-refractivity contribution in [1.29, 1.82) is 0 Å². The lowest BCUT2D eigenvalue weighted by Crippen LogP contribution is -2.01. The van der Waals surface area contributed by atoms with E-state index in [1.807, 2.05) is 0 Å². The van der Waals surface area contributed by atoms with Crippen molar-refractivity contribution >= 4 is 67.8 Å². The van der Waals surface area contributed by atoms with Gasteiger partial charge in [0.1, 0.15) is 7.40 Å². The van der Waals surface area contributed by atoms with Crippen LogP contribution in [0.25, 0.3) is 0 Å². The molecule has 0 unspecified atom stereocenters. The second-order valence-corrected chi connectivity index (χ2v) is 5.12. The molecule has 0 saturated carbocycles. The highest BCUT2D eigenvalue weighted by Crippen LogP contribution is 2.18. The van der Waals surface area contributed by atoms with Gasteiger partial charge in [0.15, 0.2) is 3.83 Å². The molecule has 0 aliphatic carbocycles. The van der Waals surface area contributed by atoms with Crippen molar-refractivity contribution in [3.63, 3.8) is 0 Å². The molecule has 0 radical (unpaired) electrons. The molecule has 0 amide bonds. The Morgan fingerprint density at radius 2 is 2.00 bits per heavy atom. The Morgan fingerprint density at radius 3 is 2.36 bits per heavy atom. The van der Waals surface area contributed by atoms with Gasteiger partial charge in [0, 0.05) is 6.54 Å². The summed E-state index contributed by atoms with van der Waals surface area (Å²) in [6.07, 6.45) is 1.17. The van der Waals surface area contributed by atoms with Crippen LogP contribution in [0.15, 0.2) is 0 Å². The van der Waals surface area contributed by atoms with E-state index in [0.717, 1.165) is 14.1 Å². The summed E-state index contributed by atoms with van der Waals surface area (Å²) in [5.74, 6) is 0. The molecule has 5 heteroatoms. The molecule has 0 aromatic carbocycles. The van der Waals surface area contributed by atoms with Gasteiger partial charge >= 0.3 is 0 Å². The number of nitrogens with zero attached hydrogens (tertiary/aromatic N) is 2. The molecule has 0 aliphatic rings. The second-order valence-electron chi connectivity index (χ2n) is 2.11. The maximum absolute atomic E-state index is 4.36. The topological polar surface area (TPSA) is 17.8 Å². The molecule has 1 heterocycles. The molecule has 0 N–H and O–H groups in total. The quantitative estimate of drug-likeness (QED) is 0.586. The molecule has 0 aliphatic heterocycles. The van der Waals surface area contributed by atoms with E-state index in [1.165, 1.54) is 10.1 Å². The van der Waals surface area contributed by atoms with Crippen molar-refractivity contribution < 1.29 is 0 Å². The van der Waals surface area contributed by atoms with Crippen molar-refractivity contribution in [1.82, 2.24) is 9.55 Å². The van der Waals surface area contributed by atoms with Crippen LogP contribution in [0.4, 0.5) is 0 Å². The number of hydrogen-bond donors (Lipinski definition) is 0. The number of rotatable bonds is 2. The van der Waals surface area contributed by atoms with Crippen LogP contribution in [0.1, 0.15) is 13.3 Å². The zero-order valence-corrected chi connectivity index (χ0v) is 12.4. The van der Waals surface area contributed by atoms with Crippen molar-refractivity contribution in [3.8, 4) is 0 Å². The Balaban J connectivity index is 3.02. The smallest absolute Gasteiger partial charge is 0.173 e. The van der Waals surface area contributed by atoms with Gasteiger partial charge in [0.2, 0.25) is 0 Å². The Labute approximate surface area is 107 Å². The number of aromatic nitrogens is 2. The van der Waals surface area contributed by atoms with Gasteiger partial charge in [0.25, 0.3) is 0 Å². The maximum atomic E-state index is 4.36. The van der Waals surface area contributed by atoms with E-state index in [9.17, 15) is 0 Å². The third-order valence-corrected chi connectivity index (χ3v) is 4.97. The molecule has 1 aromatic rings. The van der Waals surface area contributed by atoms with Crippen LogP contribution in [0.2, 0.25) is 0 Å². The molecule has 11 heavy (non-hydrogen) atoms.